The number of imidazole rings is 1. The van der Waals surface area contributed by atoms with Gasteiger partial charge in [0.1, 0.15) is 0 Å². The lowest BCUT2D eigenvalue weighted by molar-refractivity contribution is 0.410. The Kier molecular flexibility index (Phi) is 10.2. The highest BCUT2D eigenvalue weighted by atomic mass is 35.5. The van der Waals surface area contributed by atoms with Gasteiger partial charge in [0.05, 0.1) is 6.33 Å². The summed E-state index contributed by atoms with van der Waals surface area (Å²) in [5.41, 5.74) is 9.15. The molecule has 198 valence electrons. The predicted molar refractivity (Wildman–Crippen MR) is 154 cm³/mol. The smallest absolute Gasteiger partial charge is 0.227 e. The zero-order valence-corrected chi connectivity index (χ0v) is 23.1. The fourth-order valence-electron chi connectivity index (χ4n) is 5.75. The van der Waals surface area contributed by atoms with Crippen LogP contribution in [0, 0.1) is 0 Å². The predicted octanol–water partition coefficient (Wildman–Crippen LogP) is 6.79. The summed E-state index contributed by atoms with van der Waals surface area (Å²) in [7, 11) is 0. The van der Waals surface area contributed by atoms with Gasteiger partial charge < -0.3 is 20.5 Å². The maximum Gasteiger partial charge on any atom is 0.227 e. The number of nitrogens with zero attached hydrogens (tertiary/aromatic N) is 5. The molecule has 0 amide bonds. The molecule has 1 aromatic carbocycles. The SMILES string of the molecule is CCCC(C)N(c1ccccc1)c1nc(N[C@H]2CC[C@H](N)CC2)nc2c1ncn2C1CCCC1.Cl.Cl. The van der Waals surface area contributed by atoms with Gasteiger partial charge in [-0.15, -0.1) is 24.8 Å². The number of anilines is 3. The lowest BCUT2D eigenvalue weighted by atomic mass is 9.92. The van der Waals surface area contributed by atoms with Crippen LogP contribution in [0.15, 0.2) is 36.7 Å². The van der Waals surface area contributed by atoms with Crippen LogP contribution in [0.1, 0.15) is 84.1 Å². The summed E-state index contributed by atoms with van der Waals surface area (Å²) in [4.78, 5) is 17.5. The van der Waals surface area contributed by atoms with Gasteiger partial charge in [-0.05, 0) is 64.0 Å². The lowest BCUT2D eigenvalue weighted by Gasteiger charge is -2.31. The van der Waals surface area contributed by atoms with E-state index in [-0.39, 0.29) is 24.8 Å². The van der Waals surface area contributed by atoms with Gasteiger partial charge in [-0.2, -0.15) is 9.97 Å². The highest BCUT2D eigenvalue weighted by Crippen LogP contribution is 2.37. The van der Waals surface area contributed by atoms with Crippen LogP contribution in [-0.4, -0.2) is 37.6 Å². The normalized spacial score (nSPS) is 21.0. The van der Waals surface area contributed by atoms with Gasteiger partial charge in [-0.25, -0.2) is 4.98 Å². The molecule has 0 aliphatic heterocycles. The first-order chi connectivity index (χ1) is 16.6. The summed E-state index contributed by atoms with van der Waals surface area (Å²) in [5.74, 6) is 1.62. The third-order valence-corrected chi connectivity index (χ3v) is 7.64. The van der Waals surface area contributed by atoms with Crippen LogP contribution in [0.3, 0.4) is 0 Å². The standard InChI is InChI=1S/C27H39N7.2ClH/c1-3-9-19(2)34(23-12-5-4-6-13-23)26-24-25(33(18-29-24)22-10-7-8-11-22)31-27(32-26)30-21-16-14-20(28)15-17-21;;/h4-6,12-13,18-22H,3,7-11,14-17,28H2,1-2H3,(H,30,31,32);2*1H/t19?,20-,21-;;. The third kappa shape index (κ3) is 6.06. The number of aromatic nitrogens is 4. The molecule has 5 rings (SSSR count). The van der Waals surface area contributed by atoms with E-state index in [2.05, 4.69) is 59.0 Å². The second-order valence-corrected chi connectivity index (χ2v) is 10.2. The summed E-state index contributed by atoms with van der Waals surface area (Å²) in [6, 6.07) is 12.1. The van der Waals surface area contributed by atoms with Crippen molar-refractivity contribution in [2.45, 2.75) is 102 Å². The molecule has 2 aliphatic rings. The molecule has 1 unspecified atom stereocenters. The maximum absolute atomic E-state index is 6.15. The minimum atomic E-state index is 0. The van der Waals surface area contributed by atoms with Gasteiger partial charge in [-0.3, -0.25) is 0 Å². The molecule has 3 N–H and O–H groups in total. The van der Waals surface area contributed by atoms with Crippen LogP contribution in [0.5, 0.6) is 0 Å². The fraction of sp³-hybridized carbons (Fsp3) is 0.593. The molecule has 1 atom stereocenters. The Morgan fingerprint density at radius 1 is 1.03 bits per heavy atom. The molecule has 36 heavy (non-hydrogen) atoms. The molecule has 0 radical (unpaired) electrons. The van der Waals surface area contributed by atoms with E-state index < -0.39 is 0 Å². The van der Waals surface area contributed by atoms with Crippen molar-refractivity contribution in [1.82, 2.24) is 19.5 Å². The Bertz CT molecular complexity index is 1080. The van der Waals surface area contributed by atoms with Crippen molar-refractivity contribution in [1.29, 1.82) is 0 Å². The van der Waals surface area contributed by atoms with E-state index in [9.17, 15) is 0 Å². The first-order valence-corrected chi connectivity index (χ1v) is 13.2. The number of para-hydroxylation sites is 1. The third-order valence-electron chi connectivity index (χ3n) is 7.64. The molecule has 2 fully saturated rings. The molecular formula is C27H41Cl2N7. The summed E-state index contributed by atoms with van der Waals surface area (Å²) < 4.78 is 2.31. The summed E-state index contributed by atoms with van der Waals surface area (Å²) >= 11 is 0. The molecule has 9 heteroatoms. The number of halogens is 2. The van der Waals surface area contributed by atoms with Crippen molar-refractivity contribution in [3.8, 4) is 0 Å². The first-order valence-electron chi connectivity index (χ1n) is 13.2. The van der Waals surface area contributed by atoms with Crippen molar-refractivity contribution >= 4 is 53.4 Å². The number of hydrogen-bond acceptors (Lipinski definition) is 6. The van der Waals surface area contributed by atoms with Crippen molar-refractivity contribution in [3.63, 3.8) is 0 Å². The Morgan fingerprint density at radius 2 is 1.72 bits per heavy atom. The van der Waals surface area contributed by atoms with E-state index in [1.165, 1.54) is 25.7 Å². The van der Waals surface area contributed by atoms with Crippen molar-refractivity contribution in [2.24, 2.45) is 5.73 Å². The zero-order chi connectivity index (χ0) is 23.5. The quantitative estimate of drug-likeness (QED) is 0.331. The van der Waals surface area contributed by atoms with Crippen molar-refractivity contribution < 1.29 is 0 Å². The summed E-state index contributed by atoms with van der Waals surface area (Å²) in [6.07, 6.45) is 13.4. The average molecular weight is 535 g/mol. The number of nitrogens with two attached hydrogens (primary N) is 1. The molecule has 0 saturated heterocycles. The highest BCUT2D eigenvalue weighted by molar-refractivity contribution is 5.88. The minimum absolute atomic E-state index is 0. The fourth-order valence-corrected chi connectivity index (χ4v) is 5.75. The topological polar surface area (TPSA) is 84.9 Å². The molecule has 2 aromatic heterocycles. The van der Waals surface area contributed by atoms with Gasteiger partial charge in [-0.1, -0.05) is 44.4 Å². The summed E-state index contributed by atoms with van der Waals surface area (Å²) in [6.45, 7) is 4.53. The summed E-state index contributed by atoms with van der Waals surface area (Å²) in [5, 5.41) is 3.67. The molecule has 3 aromatic rings. The van der Waals surface area contributed by atoms with Gasteiger partial charge in [0, 0.05) is 29.9 Å². The molecule has 7 nitrogen and oxygen atoms in total. The Labute approximate surface area is 227 Å². The van der Waals surface area contributed by atoms with E-state index in [4.69, 9.17) is 20.7 Å². The van der Waals surface area contributed by atoms with Gasteiger partial charge >= 0.3 is 0 Å². The largest absolute Gasteiger partial charge is 0.351 e. The lowest BCUT2D eigenvalue weighted by Crippen LogP contribution is -2.34. The molecule has 2 aliphatic carbocycles. The van der Waals surface area contributed by atoms with E-state index in [1.807, 2.05) is 6.33 Å². The van der Waals surface area contributed by atoms with Crippen LogP contribution in [-0.2, 0) is 0 Å². The minimum Gasteiger partial charge on any atom is -0.351 e. The molecule has 2 heterocycles. The highest BCUT2D eigenvalue weighted by Gasteiger charge is 2.27. The van der Waals surface area contributed by atoms with Crippen LogP contribution in [0.2, 0.25) is 0 Å². The van der Waals surface area contributed by atoms with Gasteiger partial charge in [0.2, 0.25) is 5.95 Å². The Hall–Kier alpha value is -2.09. The van der Waals surface area contributed by atoms with Crippen LogP contribution in [0.25, 0.3) is 11.2 Å². The van der Waals surface area contributed by atoms with Crippen LogP contribution >= 0.6 is 24.8 Å². The van der Waals surface area contributed by atoms with E-state index in [0.29, 0.717) is 30.1 Å². The van der Waals surface area contributed by atoms with Gasteiger partial charge in [0.15, 0.2) is 17.0 Å². The second kappa shape index (κ2) is 12.9. The number of benzene rings is 1. The molecule has 0 spiro atoms. The Balaban J connectivity index is 0.00000180. The monoisotopic (exact) mass is 533 g/mol. The Morgan fingerprint density at radius 3 is 2.39 bits per heavy atom. The number of hydrogen-bond donors (Lipinski definition) is 2. The van der Waals surface area contributed by atoms with Gasteiger partial charge in [0.25, 0.3) is 0 Å². The number of rotatable bonds is 8. The average Bonchev–Trinajstić information content (AvgIpc) is 3.52. The number of fused-ring (bicyclic) bond motifs is 1. The first kappa shape index (κ1) is 28.5. The van der Waals surface area contributed by atoms with Crippen molar-refractivity contribution in [2.75, 3.05) is 10.2 Å². The van der Waals surface area contributed by atoms with Crippen LogP contribution in [0.4, 0.5) is 17.5 Å². The molecule has 2 saturated carbocycles. The number of nitrogens with one attached hydrogen (secondary N) is 1. The van der Waals surface area contributed by atoms with E-state index in [0.717, 1.165) is 61.2 Å². The van der Waals surface area contributed by atoms with E-state index >= 15 is 0 Å². The molecule has 0 bridgehead atoms. The van der Waals surface area contributed by atoms with Crippen molar-refractivity contribution in [3.05, 3.63) is 36.7 Å². The molecular weight excluding hydrogens is 493 g/mol. The maximum atomic E-state index is 6.15. The second-order valence-electron chi connectivity index (χ2n) is 10.2. The zero-order valence-electron chi connectivity index (χ0n) is 21.5. The van der Waals surface area contributed by atoms with E-state index in [1.54, 1.807) is 0 Å². The van der Waals surface area contributed by atoms with Crippen LogP contribution < -0.4 is 16.0 Å².